The summed E-state index contributed by atoms with van der Waals surface area (Å²) in [6, 6.07) is 7.80. The highest BCUT2D eigenvalue weighted by Crippen LogP contribution is 2.29. The highest BCUT2D eigenvalue weighted by Gasteiger charge is 2.39. The molecule has 5 nitrogen and oxygen atoms in total. The Hall–Kier alpha value is -2.14. The second-order valence-electron chi connectivity index (χ2n) is 6.86. The molecule has 0 spiro atoms. The molecule has 1 aromatic carbocycles. The largest absolute Gasteiger partial charge is 0.347 e. The van der Waals surface area contributed by atoms with E-state index in [9.17, 15) is 4.79 Å². The van der Waals surface area contributed by atoms with Crippen LogP contribution in [0.5, 0.6) is 0 Å². The zero-order chi connectivity index (χ0) is 16.4. The molecule has 5 heteroatoms. The summed E-state index contributed by atoms with van der Waals surface area (Å²) < 4.78 is 1.90. The van der Waals surface area contributed by atoms with Gasteiger partial charge >= 0.3 is 0 Å². The highest BCUT2D eigenvalue weighted by molar-refractivity contribution is 5.95. The Morgan fingerprint density at radius 3 is 2.91 bits per heavy atom. The first kappa shape index (κ1) is 15.7. The average Bonchev–Trinajstić information content (AvgIpc) is 3.16. The number of carbonyl (C=O) groups excluding carboxylic acids is 1. The van der Waals surface area contributed by atoms with E-state index >= 15 is 0 Å². The van der Waals surface area contributed by atoms with Crippen LogP contribution in [0.3, 0.4) is 0 Å². The first-order chi connectivity index (χ1) is 11.0. The molecule has 122 valence electrons. The van der Waals surface area contributed by atoms with Crippen LogP contribution in [0.2, 0.25) is 0 Å². The van der Waals surface area contributed by atoms with Crippen LogP contribution in [0.4, 0.5) is 0 Å². The van der Waals surface area contributed by atoms with Crippen LogP contribution in [0.25, 0.3) is 5.69 Å². The number of nitrogens with one attached hydrogen (secondary N) is 1. The minimum absolute atomic E-state index is 0.0111. The van der Waals surface area contributed by atoms with E-state index in [0.29, 0.717) is 5.56 Å². The van der Waals surface area contributed by atoms with Gasteiger partial charge in [-0.3, -0.25) is 4.79 Å². The van der Waals surface area contributed by atoms with Crippen molar-refractivity contribution in [1.29, 1.82) is 0 Å². The van der Waals surface area contributed by atoms with Gasteiger partial charge < -0.3 is 14.8 Å². The smallest absolute Gasteiger partial charge is 0.251 e. The van der Waals surface area contributed by atoms with Crippen molar-refractivity contribution in [3.8, 4) is 5.69 Å². The maximum atomic E-state index is 12.7. The number of amides is 1. The predicted molar refractivity (Wildman–Crippen MR) is 90.7 cm³/mol. The molecule has 1 amide bonds. The number of nitrogens with zero attached hydrogens (tertiary/aromatic N) is 3. The van der Waals surface area contributed by atoms with Gasteiger partial charge in [-0.05, 0) is 30.2 Å². The zero-order valence-electron chi connectivity index (χ0n) is 14.0. The van der Waals surface area contributed by atoms with Crippen molar-refractivity contribution in [3.05, 3.63) is 48.5 Å². The van der Waals surface area contributed by atoms with Crippen LogP contribution in [0.1, 0.15) is 31.1 Å². The number of aromatic nitrogens is 2. The lowest BCUT2D eigenvalue weighted by atomic mass is 9.87. The number of likely N-dealkylation sites (N-methyl/N-ethyl adjacent to an activating group) is 1. The van der Waals surface area contributed by atoms with Gasteiger partial charge in [0.05, 0.1) is 6.33 Å². The number of benzene rings is 1. The third-order valence-electron chi connectivity index (χ3n) is 4.68. The molecule has 2 aromatic rings. The van der Waals surface area contributed by atoms with Gasteiger partial charge in [0.1, 0.15) is 0 Å². The Kier molecular flexibility index (Phi) is 4.22. The third-order valence-corrected chi connectivity index (χ3v) is 4.68. The van der Waals surface area contributed by atoms with Crippen LogP contribution in [-0.2, 0) is 0 Å². The van der Waals surface area contributed by atoms with Gasteiger partial charge in [-0.25, -0.2) is 4.98 Å². The van der Waals surface area contributed by atoms with Crippen molar-refractivity contribution in [2.75, 3.05) is 19.6 Å². The number of hydrogen-bond acceptors (Lipinski definition) is 3. The van der Waals surface area contributed by atoms with Gasteiger partial charge in [-0.1, -0.05) is 26.8 Å². The standard InChI is InChI=1S/C18H24N4O/c1-4-21-11-16(18(2,3)12-21)20-17(23)14-6-5-7-15(10-14)22-9-8-19-13-22/h5-10,13,16H,4,11-12H2,1-3H3,(H,20,23). The normalized spacial score (nSPS) is 20.6. The lowest BCUT2D eigenvalue weighted by Crippen LogP contribution is -2.44. The maximum absolute atomic E-state index is 12.7. The fourth-order valence-corrected chi connectivity index (χ4v) is 3.20. The summed E-state index contributed by atoms with van der Waals surface area (Å²) in [6.07, 6.45) is 5.33. The zero-order valence-corrected chi connectivity index (χ0v) is 14.0. The molecule has 1 aromatic heterocycles. The van der Waals surface area contributed by atoms with Crippen molar-refractivity contribution in [1.82, 2.24) is 19.8 Å². The molecule has 3 rings (SSSR count). The molecular formula is C18H24N4O. The molecule has 0 bridgehead atoms. The Morgan fingerprint density at radius 2 is 2.26 bits per heavy atom. The summed E-state index contributed by atoms with van der Waals surface area (Å²) in [5.74, 6) is -0.0111. The number of imidazole rings is 1. The van der Waals surface area contributed by atoms with Gasteiger partial charge in [-0.15, -0.1) is 0 Å². The molecular weight excluding hydrogens is 288 g/mol. The van der Waals surface area contributed by atoms with E-state index in [2.05, 4.69) is 36.0 Å². The lowest BCUT2D eigenvalue weighted by molar-refractivity contribution is 0.0916. The summed E-state index contributed by atoms with van der Waals surface area (Å²) in [6.45, 7) is 9.55. The Balaban J connectivity index is 1.75. The van der Waals surface area contributed by atoms with E-state index < -0.39 is 0 Å². The summed E-state index contributed by atoms with van der Waals surface area (Å²) in [7, 11) is 0. The predicted octanol–water partition coefficient (Wildman–Crippen LogP) is 2.33. The lowest BCUT2D eigenvalue weighted by Gasteiger charge is -2.26. The molecule has 1 aliphatic rings. The van der Waals surface area contributed by atoms with E-state index in [0.717, 1.165) is 25.3 Å². The van der Waals surface area contributed by atoms with Gasteiger partial charge in [0.2, 0.25) is 0 Å². The molecule has 0 saturated carbocycles. The molecule has 1 saturated heterocycles. The van der Waals surface area contributed by atoms with Gasteiger partial charge in [0, 0.05) is 42.8 Å². The van der Waals surface area contributed by atoms with Crippen molar-refractivity contribution in [2.24, 2.45) is 5.41 Å². The van der Waals surface area contributed by atoms with Crippen molar-refractivity contribution < 1.29 is 4.79 Å². The molecule has 1 unspecified atom stereocenters. The van der Waals surface area contributed by atoms with Crippen molar-refractivity contribution in [3.63, 3.8) is 0 Å². The number of likely N-dealkylation sites (tertiary alicyclic amines) is 1. The molecule has 0 aliphatic carbocycles. The van der Waals surface area contributed by atoms with E-state index in [1.54, 1.807) is 12.5 Å². The second-order valence-corrected chi connectivity index (χ2v) is 6.86. The first-order valence-electron chi connectivity index (χ1n) is 8.11. The number of hydrogen-bond donors (Lipinski definition) is 1. The number of rotatable bonds is 4. The quantitative estimate of drug-likeness (QED) is 0.943. The Labute approximate surface area is 137 Å². The molecule has 1 fully saturated rings. The van der Waals surface area contributed by atoms with Crippen molar-refractivity contribution in [2.45, 2.75) is 26.8 Å². The van der Waals surface area contributed by atoms with Crippen LogP contribution < -0.4 is 5.32 Å². The monoisotopic (exact) mass is 312 g/mol. The molecule has 0 radical (unpaired) electrons. The fraction of sp³-hybridized carbons (Fsp3) is 0.444. The van der Waals surface area contributed by atoms with Gasteiger partial charge in [0.25, 0.3) is 5.91 Å². The third kappa shape index (κ3) is 3.29. The summed E-state index contributed by atoms with van der Waals surface area (Å²) >= 11 is 0. The minimum Gasteiger partial charge on any atom is -0.347 e. The van der Waals surface area contributed by atoms with Gasteiger partial charge in [0.15, 0.2) is 0 Å². The second kappa shape index (κ2) is 6.16. The first-order valence-corrected chi connectivity index (χ1v) is 8.11. The Bertz CT molecular complexity index is 678. The number of carbonyl (C=O) groups is 1. The molecule has 23 heavy (non-hydrogen) atoms. The minimum atomic E-state index is -0.0111. The molecule has 1 aliphatic heterocycles. The van der Waals surface area contributed by atoms with Crippen LogP contribution in [0, 0.1) is 5.41 Å². The summed E-state index contributed by atoms with van der Waals surface area (Å²) in [4.78, 5) is 19.1. The molecule has 1 N–H and O–H groups in total. The van der Waals surface area contributed by atoms with Crippen LogP contribution >= 0.6 is 0 Å². The fourth-order valence-electron chi connectivity index (χ4n) is 3.20. The maximum Gasteiger partial charge on any atom is 0.251 e. The average molecular weight is 312 g/mol. The highest BCUT2D eigenvalue weighted by atomic mass is 16.1. The Morgan fingerprint density at radius 1 is 1.43 bits per heavy atom. The van der Waals surface area contributed by atoms with Gasteiger partial charge in [-0.2, -0.15) is 0 Å². The van der Waals surface area contributed by atoms with E-state index in [1.165, 1.54) is 0 Å². The molecule has 1 atom stereocenters. The SMILES string of the molecule is CCN1CC(NC(=O)c2cccc(-n3ccnc3)c2)C(C)(C)C1. The summed E-state index contributed by atoms with van der Waals surface area (Å²) in [5, 5.41) is 3.22. The molecule has 2 heterocycles. The van der Waals surface area contributed by atoms with E-state index in [1.807, 2.05) is 35.0 Å². The van der Waals surface area contributed by atoms with E-state index in [-0.39, 0.29) is 17.4 Å². The van der Waals surface area contributed by atoms with Crippen molar-refractivity contribution >= 4 is 5.91 Å². The summed E-state index contributed by atoms with van der Waals surface area (Å²) in [5.41, 5.74) is 1.71. The van der Waals surface area contributed by atoms with Crippen LogP contribution in [0.15, 0.2) is 43.0 Å². The topological polar surface area (TPSA) is 50.2 Å². The van der Waals surface area contributed by atoms with E-state index in [4.69, 9.17) is 0 Å². The van der Waals surface area contributed by atoms with Crippen LogP contribution in [-0.4, -0.2) is 46.0 Å².